The van der Waals surface area contributed by atoms with Crippen molar-refractivity contribution in [3.63, 3.8) is 0 Å². The summed E-state index contributed by atoms with van der Waals surface area (Å²) in [6, 6.07) is 0. The van der Waals surface area contributed by atoms with Crippen molar-refractivity contribution in [1.29, 1.82) is 0 Å². The Morgan fingerprint density at radius 3 is 3.00 bits per heavy atom. The second kappa shape index (κ2) is 4.24. The molecule has 0 saturated carbocycles. The van der Waals surface area contributed by atoms with Gasteiger partial charge in [-0.25, -0.2) is 0 Å². The lowest BCUT2D eigenvalue weighted by Crippen LogP contribution is -2.01. The highest BCUT2D eigenvalue weighted by Gasteiger charge is 2.09. The van der Waals surface area contributed by atoms with Gasteiger partial charge in [-0.05, 0) is 24.3 Å². The number of hydrogen-bond acceptors (Lipinski definition) is 1. The molecule has 66 valence electrons. The summed E-state index contributed by atoms with van der Waals surface area (Å²) in [6.07, 6.45) is 8.21. The molecule has 0 amide bonds. The standard InChI is InChI=1S/C11H16O/c1-3-10-6-9(2)7-11(8-10)4-5-12/h5,7-9H,3-4,6H2,1-2H3. The highest BCUT2D eigenvalue weighted by molar-refractivity contribution is 5.56. The fourth-order valence-electron chi connectivity index (χ4n) is 1.68. The second-order valence-electron chi connectivity index (χ2n) is 3.45. The lowest BCUT2D eigenvalue weighted by atomic mass is 9.89. The predicted molar refractivity (Wildman–Crippen MR) is 50.9 cm³/mol. The van der Waals surface area contributed by atoms with Crippen molar-refractivity contribution in [2.24, 2.45) is 5.92 Å². The molecule has 0 heterocycles. The van der Waals surface area contributed by atoms with Gasteiger partial charge in [0.15, 0.2) is 0 Å². The van der Waals surface area contributed by atoms with Crippen LogP contribution in [0.5, 0.6) is 0 Å². The molecule has 1 atom stereocenters. The van der Waals surface area contributed by atoms with Crippen LogP contribution in [0, 0.1) is 5.92 Å². The number of aldehydes is 1. The molecule has 0 aromatic rings. The molecule has 0 aliphatic heterocycles. The van der Waals surface area contributed by atoms with Gasteiger partial charge in [0.2, 0.25) is 0 Å². The Hall–Kier alpha value is -0.850. The largest absolute Gasteiger partial charge is 0.303 e. The number of allylic oxidation sites excluding steroid dienone is 4. The molecule has 1 aliphatic rings. The van der Waals surface area contributed by atoms with E-state index in [0.29, 0.717) is 12.3 Å². The Bertz CT molecular complexity index is 223. The highest BCUT2D eigenvalue weighted by atomic mass is 16.1. The van der Waals surface area contributed by atoms with Gasteiger partial charge in [0.25, 0.3) is 0 Å². The van der Waals surface area contributed by atoms with Gasteiger partial charge < -0.3 is 4.79 Å². The van der Waals surface area contributed by atoms with E-state index in [4.69, 9.17) is 0 Å². The van der Waals surface area contributed by atoms with Crippen LogP contribution in [0.1, 0.15) is 33.1 Å². The van der Waals surface area contributed by atoms with Crippen LogP contribution < -0.4 is 0 Å². The molecule has 1 heteroatoms. The predicted octanol–water partition coefficient (Wildman–Crippen LogP) is 2.88. The third-order valence-electron chi connectivity index (χ3n) is 2.25. The van der Waals surface area contributed by atoms with E-state index in [1.54, 1.807) is 0 Å². The zero-order valence-corrected chi connectivity index (χ0v) is 7.84. The van der Waals surface area contributed by atoms with Crippen molar-refractivity contribution >= 4 is 6.29 Å². The molecule has 0 fully saturated rings. The minimum atomic E-state index is 0.577. The molecule has 1 aliphatic carbocycles. The summed E-state index contributed by atoms with van der Waals surface area (Å²) in [7, 11) is 0. The number of hydrogen-bond donors (Lipinski definition) is 0. The maximum Gasteiger partial charge on any atom is 0.124 e. The highest BCUT2D eigenvalue weighted by Crippen LogP contribution is 2.25. The summed E-state index contributed by atoms with van der Waals surface area (Å²) in [5, 5.41) is 0. The Kier molecular flexibility index (Phi) is 3.27. The van der Waals surface area contributed by atoms with Gasteiger partial charge in [-0.15, -0.1) is 0 Å². The number of rotatable bonds is 3. The van der Waals surface area contributed by atoms with E-state index < -0.39 is 0 Å². The van der Waals surface area contributed by atoms with Crippen molar-refractivity contribution in [1.82, 2.24) is 0 Å². The van der Waals surface area contributed by atoms with Crippen molar-refractivity contribution in [3.05, 3.63) is 23.3 Å². The van der Waals surface area contributed by atoms with Crippen LogP contribution in [0.15, 0.2) is 23.3 Å². The molecule has 0 aromatic heterocycles. The third-order valence-corrected chi connectivity index (χ3v) is 2.25. The van der Waals surface area contributed by atoms with Crippen molar-refractivity contribution in [2.75, 3.05) is 0 Å². The average Bonchev–Trinajstić information content (AvgIpc) is 2.04. The minimum Gasteiger partial charge on any atom is -0.303 e. The zero-order chi connectivity index (χ0) is 8.97. The lowest BCUT2D eigenvalue weighted by Gasteiger charge is -2.16. The van der Waals surface area contributed by atoms with Gasteiger partial charge >= 0.3 is 0 Å². The van der Waals surface area contributed by atoms with Gasteiger partial charge in [-0.3, -0.25) is 0 Å². The molecule has 1 nitrogen and oxygen atoms in total. The first-order valence-electron chi connectivity index (χ1n) is 4.60. The number of carbonyl (C=O) groups excluding carboxylic acids is 1. The molecule has 1 rings (SSSR count). The Morgan fingerprint density at radius 1 is 1.67 bits per heavy atom. The van der Waals surface area contributed by atoms with Gasteiger partial charge in [0.05, 0.1) is 0 Å². The van der Waals surface area contributed by atoms with E-state index in [-0.39, 0.29) is 0 Å². The number of carbonyl (C=O) groups is 1. The Balaban J connectivity index is 2.71. The van der Waals surface area contributed by atoms with Crippen LogP contribution in [0.3, 0.4) is 0 Å². The fraction of sp³-hybridized carbons (Fsp3) is 0.545. The maximum atomic E-state index is 10.3. The van der Waals surface area contributed by atoms with Crippen molar-refractivity contribution in [3.8, 4) is 0 Å². The summed E-state index contributed by atoms with van der Waals surface area (Å²) in [4.78, 5) is 10.3. The average molecular weight is 164 g/mol. The molecule has 1 unspecified atom stereocenters. The van der Waals surface area contributed by atoms with E-state index in [9.17, 15) is 4.79 Å². The van der Waals surface area contributed by atoms with Gasteiger partial charge in [-0.2, -0.15) is 0 Å². The second-order valence-corrected chi connectivity index (χ2v) is 3.45. The van der Waals surface area contributed by atoms with Crippen LogP contribution >= 0.6 is 0 Å². The molecule has 0 aromatic carbocycles. The Labute approximate surface area is 74.2 Å². The Morgan fingerprint density at radius 2 is 2.42 bits per heavy atom. The molecular weight excluding hydrogens is 148 g/mol. The van der Waals surface area contributed by atoms with Gasteiger partial charge in [0.1, 0.15) is 6.29 Å². The van der Waals surface area contributed by atoms with E-state index >= 15 is 0 Å². The minimum absolute atomic E-state index is 0.577. The molecule has 0 spiro atoms. The van der Waals surface area contributed by atoms with E-state index in [1.807, 2.05) is 0 Å². The molecular formula is C11H16O. The summed E-state index contributed by atoms with van der Waals surface area (Å²) >= 11 is 0. The first kappa shape index (κ1) is 9.24. The fourth-order valence-corrected chi connectivity index (χ4v) is 1.68. The quantitative estimate of drug-likeness (QED) is 0.586. The monoisotopic (exact) mass is 164 g/mol. The molecule has 0 bridgehead atoms. The van der Waals surface area contributed by atoms with Gasteiger partial charge in [-0.1, -0.05) is 31.6 Å². The summed E-state index contributed by atoms with van der Waals surface area (Å²) < 4.78 is 0. The summed E-state index contributed by atoms with van der Waals surface area (Å²) in [5.74, 6) is 0.611. The van der Waals surface area contributed by atoms with Crippen LogP contribution in [-0.2, 0) is 4.79 Å². The first-order chi connectivity index (χ1) is 5.76. The van der Waals surface area contributed by atoms with E-state index in [2.05, 4.69) is 26.0 Å². The van der Waals surface area contributed by atoms with Crippen molar-refractivity contribution < 1.29 is 4.79 Å². The van der Waals surface area contributed by atoms with Crippen LogP contribution in [0.25, 0.3) is 0 Å². The summed E-state index contributed by atoms with van der Waals surface area (Å²) in [6.45, 7) is 4.37. The molecule has 0 radical (unpaired) electrons. The third kappa shape index (κ3) is 2.33. The van der Waals surface area contributed by atoms with Crippen LogP contribution in [0.2, 0.25) is 0 Å². The van der Waals surface area contributed by atoms with Gasteiger partial charge in [0, 0.05) is 6.42 Å². The topological polar surface area (TPSA) is 17.1 Å². The van der Waals surface area contributed by atoms with E-state index in [0.717, 1.165) is 12.7 Å². The molecule has 0 N–H and O–H groups in total. The normalized spacial score (nSPS) is 23.0. The maximum absolute atomic E-state index is 10.3. The lowest BCUT2D eigenvalue weighted by molar-refractivity contribution is -0.107. The van der Waals surface area contributed by atoms with Crippen LogP contribution in [0.4, 0.5) is 0 Å². The summed E-state index contributed by atoms with van der Waals surface area (Å²) in [5.41, 5.74) is 2.67. The molecule has 0 saturated heterocycles. The zero-order valence-electron chi connectivity index (χ0n) is 7.84. The van der Waals surface area contributed by atoms with Crippen molar-refractivity contribution in [2.45, 2.75) is 33.1 Å². The first-order valence-corrected chi connectivity index (χ1v) is 4.60. The van der Waals surface area contributed by atoms with Crippen LogP contribution in [-0.4, -0.2) is 6.29 Å². The SMILES string of the molecule is CCC1=CC(CC=O)=CC(C)C1. The molecule has 12 heavy (non-hydrogen) atoms. The van der Waals surface area contributed by atoms with E-state index in [1.165, 1.54) is 17.6 Å². The smallest absolute Gasteiger partial charge is 0.124 e.